The third kappa shape index (κ3) is 7.43. The van der Waals surface area contributed by atoms with Crippen molar-refractivity contribution in [3.63, 3.8) is 0 Å². The topological polar surface area (TPSA) is 49.8 Å². The Kier molecular flexibility index (Phi) is 9.01. The molecule has 1 aromatic rings. The zero-order valence-electron chi connectivity index (χ0n) is 13.7. The molecule has 0 radical (unpaired) electrons. The fraction of sp³-hybridized carbons (Fsp3) is 0.733. The summed E-state index contributed by atoms with van der Waals surface area (Å²) in [5.74, 6) is 0.944. The van der Waals surface area contributed by atoms with Crippen molar-refractivity contribution < 1.29 is 4.74 Å². The average Bonchev–Trinajstić information content (AvgIpc) is 2.86. The second-order valence-corrected chi connectivity index (χ2v) is 5.92. The number of aromatic nitrogens is 1. The van der Waals surface area contributed by atoms with Gasteiger partial charge in [0.1, 0.15) is 0 Å². The molecule has 0 saturated carbocycles. The van der Waals surface area contributed by atoms with Crippen molar-refractivity contribution >= 4 is 17.3 Å². The highest BCUT2D eigenvalue weighted by atomic mass is 32.1. The zero-order valence-corrected chi connectivity index (χ0v) is 14.5. The van der Waals surface area contributed by atoms with E-state index in [1.807, 2.05) is 13.8 Å². The number of aryl methyl sites for hydroxylation is 1. The van der Waals surface area contributed by atoms with Gasteiger partial charge in [0.05, 0.1) is 17.2 Å². The predicted octanol–water partition coefficient (Wildman–Crippen LogP) is 2.67. The Labute approximate surface area is 132 Å². The molecule has 1 rings (SSSR count). The first-order valence-corrected chi connectivity index (χ1v) is 8.53. The maximum absolute atomic E-state index is 5.34. The number of aliphatic imine (C=N–C) groups is 1. The van der Waals surface area contributed by atoms with E-state index in [9.17, 15) is 0 Å². The first-order valence-electron chi connectivity index (χ1n) is 7.65. The summed E-state index contributed by atoms with van der Waals surface area (Å²) in [5.41, 5.74) is 1.10. The van der Waals surface area contributed by atoms with Crippen LogP contribution in [-0.2, 0) is 11.3 Å². The van der Waals surface area contributed by atoms with E-state index in [4.69, 9.17) is 4.74 Å². The van der Waals surface area contributed by atoms with Crippen LogP contribution in [0.1, 0.15) is 37.4 Å². The molecule has 0 saturated heterocycles. The molecular weight excluding hydrogens is 284 g/mol. The standard InChI is InChI=1S/C15H28N4OS/c1-5-16-15(17-9-7-8-10-20-6-2)19(4)11-14-12-21-13(3)18-14/h12H,5-11H2,1-4H3,(H,16,17). The highest BCUT2D eigenvalue weighted by molar-refractivity contribution is 7.09. The number of nitrogens with one attached hydrogen (secondary N) is 1. The van der Waals surface area contributed by atoms with Crippen molar-refractivity contribution in [2.45, 2.75) is 40.2 Å². The Hall–Kier alpha value is -1.14. The van der Waals surface area contributed by atoms with Crippen LogP contribution in [-0.4, -0.2) is 49.2 Å². The molecule has 5 nitrogen and oxygen atoms in total. The summed E-state index contributed by atoms with van der Waals surface area (Å²) in [7, 11) is 2.05. The summed E-state index contributed by atoms with van der Waals surface area (Å²) in [5, 5.41) is 6.55. The number of rotatable bonds is 9. The third-order valence-corrected chi connectivity index (χ3v) is 3.75. The number of hydrogen-bond acceptors (Lipinski definition) is 4. The number of hydrogen-bond donors (Lipinski definition) is 1. The van der Waals surface area contributed by atoms with Gasteiger partial charge < -0.3 is 15.0 Å². The minimum absolute atomic E-state index is 0.787. The van der Waals surface area contributed by atoms with Crippen molar-refractivity contribution in [3.8, 4) is 0 Å². The molecule has 1 N–H and O–H groups in total. The molecule has 120 valence electrons. The van der Waals surface area contributed by atoms with Gasteiger partial charge in [-0.05, 0) is 33.6 Å². The van der Waals surface area contributed by atoms with Crippen LogP contribution in [0.2, 0.25) is 0 Å². The van der Waals surface area contributed by atoms with Crippen LogP contribution in [0, 0.1) is 6.92 Å². The normalized spacial score (nSPS) is 11.7. The molecule has 0 bridgehead atoms. The van der Waals surface area contributed by atoms with Crippen molar-refractivity contribution in [3.05, 3.63) is 16.1 Å². The van der Waals surface area contributed by atoms with Crippen LogP contribution in [0.15, 0.2) is 10.4 Å². The largest absolute Gasteiger partial charge is 0.382 e. The molecule has 0 atom stereocenters. The smallest absolute Gasteiger partial charge is 0.194 e. The van der Waals surface area contributed by atoms with Crippen molar-refractivity contribution in [1.29, 1.82) is 0 Å². The van der Waals surface area contributed by atoms with Crippen LogP contribution in [0.4, 0.5) is 0 Å². The lowest BCUT2D eigenvalue weighted by atomic mass is 10.3. The Morgan fingerprint density at radius 3 is 2.86 bits per heavy atom. The van der Waals surface area contributed by atoms with E-state index >= 15 is 0 Å². The van der Waals surface area contributed by atoms with Gasteiger partial charge in [0.25, 0.3) is 0 Å². The quantitative estimate of drug-likeness (QED) is 0.433. The highest BCUT2D eigenvalue weighted by Crippen LogP contribution is 2.09. The molecule has 1 heterocycles. The Morgan fingerprint density at radius 1 is 1.43 bits per heavy atom. The number of nitrogens with zero attached hydrogens (tertiary/aromatic N) is 3. The third-order valence-electron chi connectivity index (χ3n) is 2.92. The minimum Gasteiger partial charge on any atom is -0.382 e. The van der Waals surface area contributed by atoms with E-state index in [1.165, 1.54) is 0 Å². The van der Waals surface area contributed by atoms with Gasteiger partial charge >= 0.3 is 0 Å². The second-order valence-electron chi connectivity index (χ2n) is 4.85. The first kappa shape index (κ1) is 17.9. The molecule has 1 aromatic heterocycles. The van der Waals surface area contributed by atoms with Crippen LogP contribution in [0.3, 0.4) is 0 Å². The number of thiazole rings is 1. The van der Waals surface area contributed by atoms with Crippen LogP contribution in [0.5, 0.6) is 0 Å². The van der Waals surface area contributed by atoms with Crippen molar-refractivity contribution in [1.82, 2.24) is 15.2 Å². The Balaban J connectivity index is 2.42. The highest BCUT2D eigenvalue weighted by Gasteiger charge is 2.08. The van der Waals surface area contributed by atoms with Gasteiger partial charge in [0, 0.05) is 38.7 Å². The molecule has 6 heteroatoms. The zero-order chi connectivity index (χ0) is 15.5. The van der Waals surface area contributed by atoms with E-state index in [0.717, 1.165) is 62.4 Å². The van der Waals surface area contributed by atoms with E-state index in [-0.39, 0.29) is 0 Å². The van der Waals surface area contributed by atoms with Crippen molar-refractivity contribution in [2.75, 3.05) is 33.4 Å². The predicted molar refractivity (Wildman–Crippen MR) is 90.0 cm³/mol. The Morgan fingerprint density at radius 2 is 2.24 bits per heavy atom. The fourth-order valence-electron chi connectivity index (χ4n) is 1.91. The summed E-state index contributed by atoms with van der Waals surface area (Å²) in [4.78, 5) is 11.3. The van der Waals surface area contributed by atoms with Gasteiger partial charge in [-0.2, -0.15) is 0 Å². The fourth-order valence-corrected chi connectivity index (χ4v) is 2.52. The molecule has 0 amide bonds. The summed E-state index contributed by atoms with van der Waals surface area (Å²) < 4.78 is 5.34. The summed E-state index contributed by atoms with van der Waals surface area (Å²) >= 11 is 1.69. The molecule has 0 aromatic carbocycles. The van der Waals surface area contributed by atoms with E-state index in [0.29, 0.717) is 0 Å². The van der Waals surface area contributed by atoms with Crippen LogP contribution in [0.25, 0.3) is 0 Å². The van der Waals surface area contributed by atoms with Crippen molar-refractivity contribution in [2.24, 2.45) is 4.99 Å². The molecule has 0 spiro atoms. The van der Waals surface area contributed by atoms with Gasteiger partial charge in [-0.3, -0.25) is 4.99 Å². The summed E-state index contributed by atoms with van der Waals surface area (Å²) in [6.07, 6.45) is 2.12. The maximum atomic E-state index is 5.34. The summed E-state index contributed by atoms with van der Waals surface area (Å²) in [6.45, 7) is 10.3. The SMILES string of the molecule is CCNC(=NCCCCOCC)N(C)Cc1csc(C)n1. The maximum Gasteiger partial charge on any atom is 0.194 e. The van der Waals surface area contributed by atoms with E-state index in [1.54, 1.807) is 11.3 Å². The minimum atomic E-state index is 0.787. The van der Waals surface area contributed by atoms with E-state index in [2.05, 4.69) is 39.5 Å². The number of unbranched alkanes of at least 4 members (excludes halogenated alkanes) is 1. The van der Waals surface area contributed by atoms with Gasteiger partial charge in [0.15, 0.2) is 5.96 Å². The molecular formula is C15H28N4OS. The second kappa shape index (κ2) is 10.6. The molecule has 0 fully saturated rings. The molecule has 0 aliphatic rings. The monoisotopic (exact) mass is 312 g/mol. The lowest BCUT2D eigenvalue weighted by Crippen LogP contribution is -2.38. The molecule has 0 unspecified atom stereocenters. The number of ether oxygens (including phenoxy) is 1. The Bertz CT molecular complexity index is 420. The molecule has 0 aliphatic carbocycles. The summed E-state index contributed by atoms with van der Waals surface area (Å²) in [6, 6.07) is 0. The van der Waals surface area contributed by atoms with Gasteiger partial charge in [-0.1, -0.05) is 0 Å². The van der Waals surface area contributed by atoms with Gasteiger partial charge in [-0.15, -0.1) is 11.3 Å². The molecule has 0 aliphatic heterocycles. The molecule has 21 heavy (non-hydrogen) atoms. The first-order chi connectivity index (χ1) is 10.2. The average molecular weight is 312 g/mol. The lowest BCUT2D eigenvalue weighted by Gasteiger charge is -2.21. The number of guanidine groups is 1. The van der Waals surface area contributed by atoms with Gasteiger partial charge in [0.2, 0.25) is 0 Å². The van der Waals surface area contributed by atoms with Crippen LogP contribution < -0.4 is 5.32 Å². The van der Waals surface area contributed by atoms with Crippen LogP contribution >= 0.6 is 11.3 Å². The van der Waals surface area contributed by atoms with E-state index < -0.39 is 0 Å². The lowest BCUT2D eigenvalue weighted by molar-refractivity contribution is 0.144. The van der Waals surface area contributed by atoms with Gasteiger partial charge in [-0.25, -0.2) is 4.98 Å².